The van der Waals surface area contributed by atoms with Crippen molar-refractivity contribution in [2.45, 2.75) is 6.92 Å². The van der Waals surface area contributed by atoms with Crippen LogP contribution < -0.4 is 5.73 Å². The maximum Gasteiger partial charge on any atom is 0.258 e. The summed E-state index contributed by atoms with van der Waals surface area (Å²) < 4.78 is 0.976. The van der Waals surface area contributed by atoms with Gasteiger partial charge in [0, 0.05) is 5.39 Å². The number of carbonyl (C=O) groups is 2. The van der Waals surface area contributed by atoms with Crippen molar-refractivity contribution in [3.05, 3.63) is 21.9 Å². The molecule has 0 fully saturated rings. The molecular weight excluding hydrogens is 218 g/mol. The van der Waals surface area contributed by atoms with E-state index in [1.165, 1.54) is 29.6 Å². The molecule has 1 amide bonds. The summed E-state index contributed by atoms with van der Waals surface area (Å²) in [6.45, 7) is 1.53. The first-order chi connectivity index (χ1) is 6.58. The SMILES string of the molecule is CC(=O)c1cc2cc(C(N)=O)sc2s1. The van der Waals surface area contributed by atoms with E-state index in [-0.39, 0.29) is 5.78 Å². The fourth-order valence-corrected chi connectivity index (χ4v) is 3.33. The molecule has 2 aromatic rings. The Kier molecular flexibility index (Phi) is 2.13. The monoisotopic (exact) mass is 225 g/mol. The third-order valence-electron chi connectivity index (χ3n) is 1.80. The van der Waals surface area contributed by atoms with Crippen LogP contribution in [0.2, 0.25) is 0 Å². The Labute approximate surface area is 88.2 Å². The van der Waals surface area contributed by atoms with E-state index in [2.05, 4.69) is 0 Å². The van der Waals surface area contributed by atoms with Crippen LogP contribution in [-0.2, 0) is 0 Å². The summed E-state index contributed by atoms with van der Waals surface area (Å²) in [6, 6.07) is 3.52. The minimum Gasteiger partial charge on any atom is -0.365 e. The maximum atomic E-state index is 11.1. The number of nitrogens with two attached hydrogens (primary N) is 1. The molecule has 14 heavy (non-hydrogen) atoms. The van der Waals surface area contributed by atoms with Gasteiger partial charge in [0.15, 0.2) is 5.78 Å². The normalized spacial score (nSPS) is 10.6. The van der Waals surface area contributed by atoms with E-state index in [1.54, 1.807) is 12.1 Å². The van der Waals surface area contributed by atoms with Gasteiger partial charge in [-0.05, 0) is 19.1 Å². The Morgan fingerprint density at radius 1 is 1.21 bits per heavy atom. The van der Waals surface area contributed by atoms with Crippen molar-refractivity contribution in [2.75, 3.05) is 0 Å². The van der Waals surface area contributed by atoms with Crippen LogP contribution in [0.1, 0.15) is 26.3 Å². The molecule has 2 heterocycles. The number of rotatable bonds is 2. The van der Waals surface area contributed by atoms with E-state index in [9.17, 15) is 9.59 Å². The quantitative estimate of drug-likeness (QED) is 0.797. The van der Waals surface area contributed by atoms with Crippen molar-refractivity contribution in [1.29, 1.82) is 0 Å². The Balaban J connectivity index is 2.56. The van der Waals surface area contributed by atoms with Crippen molar-refractivity contribution >= 4 is 43.8 Å². The standard InChI is InChI=1S/C9H7NO2S2/c1-4(11)6-2-5-3-7(8(10)12)14-9(5)13-6/h2-3H,1H3,(H2,10,12). The zero-order valence-electron chi connectivity index (χ0n) is 7.37. The second-order valence-electron chi connectivity index (χ2n) is 2.88. The van der Waals surface area contributed by atoms with Gasteiger partial charge in [0.05, 0.1) is 13.8 Å². The van der Waals surface area contributed by atoms with Crippen LogP contribution in [0.25, 0.3) is 9.40 Å². The second kappa shape index (κ2) is 3.18. The van der Waals surface area contributed by atoms with Gasteiger partial charge in [-0.3, -0.25) is 9.59 Å². The molecule has 72 valence electrons. The molecule has 0 aliphatic carbocycles. The molecule has 3 nitrogen and oxygen atoms in total. The van der Waals surface area contributed by atoms with Gasteiger partial charge in [0.25, 0.3) is 5.91 Å². The maximum absolute atomic E-state index is 11.1. The third kappa shape index (κ3) is 1.44. The van der Waals surface area contributed by atoms with Crippen LogP contribution in [-0.4, -0.2) is 11.7 Å². The van der Waals surface area contributed by atoms with Crippen molar-refractivity contribution in [3.8, 4) is 0 Å². The molecule has 0 spiro atoms. The van der Waals surface area contributed by atoms with Crippen LogP contribution in [0.4, 0.5) is 0 Å². The summed E-state index contributed by atoms with van der Waals surface area (Å²) in [5.41, 5.74) is 5.14. The highest BCUT2D eigenvalue weighted by Gasteiger charge is 2.11. The largest absolute Gasteiger partial charge is 0.365 e. The summed E-state index contributed by atoms with van der Waals surface area (Å²) in [6.07, 6.45) is 0. The lowest BCUT2D eigenvalue weighted by Crippen LogP contribution is -2.08. The van der Waals surface area contributed by atoms with E-state index < -0.39 is 5.91 Å². The van der Waals surface area contributed by atoms with Crippen LogP contribution in [0, 0.1) is 0 Å². The van der Waals surface area contributed by atoms with Crippen LogP contribution in [0.3, 0.4) is 0 Å². The van der Waals surface area contributed by atoms with Crippen molar-refractivity contribution in [3.63, 3.8) is 0 Å². The second-order valence-corrected chi connectivity index (χ2v) is 5.25. The number of amides is 1. The number of carbonyl (C=O) groups excluding carboxylic acids is 2. The molecular formula is C9H7NO2S2. The zero-order valence-corrected chi connectivity index (χ0v) is 9.00. The van der Waals surface area contributed by atoms with Gasteiger partial charge in [-0.2, -0.15) is 0 Å². The summed E-state index contributed by atoms with van der Waals surface area (Å²) in [4.78, 5) is 23.2. The molecule has 0 unspecified atom stereocenters. The number of fused-ring (bicyclic) bond motifs is 1. The topological polar surface area (TPSA) is 60.2 Å². The highest BCUT2D eigenvalue weighted by Crippen LogP contribution is 2.33. The van der Waals surface area contributed by atoms with Gasteiger partial charge in [-0.1, -0.05) is 0 Å². The number of hydrogen-bond donors (Lipinski definition) is 1. The minimum absolute atomic E-state index is 0.0547. The Morgan fingerprint density at radius 2 is 1.79 bits per heavy atom. The number of Topliss-reactive ketones (excluding diaryl/α,β-unsaturated/α-hetero) is 1. The minimum atomic E-state index is -0.414. The third-order valence-corrected chi connectivity index (χ3v) is 4.31. The molecule has 0 atom stereocenters. The van der Waals surface area contributed by atoms with Crippen LogP contribution in [0.5, 0.6) is 0 Å². The average Bonchev–Trinajstić information content (AvgIpc) is 2.57. The summed E-state index contributed by atoms with van der Waals surface area (Å²) in [5.74, 6) is -0.359. The van der Waals surface area contributed by atoms with E-state index in [4.69, 9.17) is 5.73 Å². The van der Waals surface area contributed by atoms with Gasteiger partial charge >= 0.3 is 0 Å². The smallest absolute Gasteiger partial charge is 0.258 e. The first-order valence-corrected chi connectivity index (χ1v) is 5.55. The molecule has 2 aromatic heterocycles. The zero-order chi connectivity index (χ0) is 10.3. The summed E-state index contributed by atoms with van der Waals surface area (Å²) >= 11 is 2.74. The number of hydrogen-bond acceptors (Lipinski definition) is 4. The van der Waals surface area contributed by atoms with Crippen molar-refractivity contribution < 1.29 is 9.59 Å². The van der Waals surface area contributed by atoms with Crippen molar-refractivity contribution in [1.82, 2.24) is 0 Å². The van der Waals surface area contributed by atoms with Gasteiger partial charge in [-0.25, -0.2) is 0 Å². The number of ketones is 1. The van der Waals surface area contributed by atoms with Gasteiger partial charge < -0.3 is 5.73 Å². The lowest BCUT2D eigenvalue weighted by atomic mass is 10.3. The van der Waals surface area contributed by atoms with Gasteiger partial charge in [0.1, 0.15) is 0 Å². The predicted octanol–water partition coefficient (Wildman–Crippen LogP) is 2.26. The fraction of sp³-hybridized carbons (Fsp3) is 0.111. The first kappa shape index (κ1) is 9.36. The molecule has 0 aromatic carbocycles. The van der Waals surface area contributed by atoms with E-state index in [1.807, 2.05) is 0 Å². The van der Waals surface area contributed by atoms with Crippen molar-refractivity contribution in [2.24, 2.45) is 5.73 Å². The average molecular weight is 225 g/mol. The van der Waals surface area contributed by atoms with Gasteiger partial charge in [-0.15, -0.1) is 22.7 Å². The Morgan fingerprint density at radius 3 is 2.29 bits per heavy atom. The predicted molar refractivity (Wildman–Crippen MR) is 58.2 cm³/mol. The van der Waals surface area contributed by atoms with Gasteiger partial charge in [0.2, 0.25) is 0 Å². The molecule has 0 aliphatic rings. The first-order valence-electron chi connectivity index (χ1n) is 3.92. The molecule has 0 saturated carbocycles. The molecule has 0 saturated heterocycles. The highest BCUT2D eigenvalue weighted by molar-refractivity contribution is 7.39. The molecule has 0 radical (unpaired) electrons. The van der Waals surface area contributed by atoms with E-state index >= 15 is 0 Å². The van der Waals surface area contributed by atoms with Crippen LogP contribution in [0.15, 0.2) is 12.1 Å². The molecule has 2 rings (SSSR count). The number of thiophene rings is 2. The summed E-state index contributed by atoms with van der Waals surface area (Å²) in [7, 11) is 0. The Bertz CT molecular complexity index is 449. The lowest BCUT2D eigenvalue weighted by Gasteiger charge is -1.84. The fourth-order valence-electron chi connectivity index (χ4n) is 1.13. The van der Waals surface area contributed by atoms with Crippen LogP contribution >= 0.6 is 22.7 Å². The lowest BCUT2D eigenvalue weighted by molar-refractivity contribution is 0.1000. The van der Waals surface area contributed by atoms with E-state index in [0.717, 1.165) is 14.3 Å². The highest BCUT2D eigenvalue weighted by atomic mass is 32.2. The number of primary amides is 1. The molecule has 0 bridgehead atoms. The molecule has 0 aliphatic heterocycles. The van der Waals surface area contributed by atoms with E-state index in [0.29, 0.717) is 4.88 Å². The molecule has 2 N–H and O–H groups in total. The summed E-state index contributed by atoms with van der Waals surface area (Å²) in [5, 5.41) is 0.930. The Hall–Kier alpha value is -1.20. The molecule has 5 heteroatoms.